The SMILES string of the molecule is CCn1cc(C2CCN(CCOc3ccc(C#N)cc3)CC2)cn1. The number of aromatic nitrogens is 2. The van der Waals surface area contributed by atoms with E-state index in [0.29, 0.717) is 18.1 Å². The molecule has 2 aromatic rings. The molecule has 2 heterocycles. The molecule has 1 fully saturated rings. The van der Waals surface area contributed by atoms with Crippen molar-refractivity contribution in [2.45, 2.75) is 32.2 Å². The van der Waals surface area contributed by atoms with Gasteiger partial charge in [-0.15, -0.1) is 0 Å². The highest BCUT2D eigenvalue weighted by atomic mass is 16.5. The van der Waals surface area contributed by atoms with Crippen molar-refractivity contribution < 1.29 is 4.74 Å². The zero-order chi connectivity index (χ0) is 16.8. The third-order valence-corrected chi connectivity index (χ3v) is 4.70. The van der Waals surface area contributed by atoms with Crippen LogP contribution in [0.3, 0.4) is 0 Å². The number of rotatable bonds is 6. The van der Waals surface area contributed by atoms with E-state index >= 15 is 0 Å². The molecule has 1 aliphatic rings. The molecule has 5 heteroatoms. The number of benzene rings is 1. The summed E-state index contributed by atoms with van der Waals surface area (Å²) in [7, 11) is 0. The minimum absolute atomic E-state index is 0.640. The third-order valence-electron chi connectivity index (χ3n) is 4.70. The highest BCUT2D eigenvalue weighted by molar-refractivity contribution is 5.34. The van der Waals surface area contributed by atoms with E-state index in [1.54, 1.807) is 12.1 Å². The Morgan fingerprint density at radius 3 is 2.62 bits per heavy atom. The minimum atomic E-state index is 0.640. The first-order valence-electron chi connectivity index (χ1n) is 8.66. The number of aryl methyl sites for hydroxylation is 1. The average Bonchev–Trinajstić information content (AvgIpc) is 3.12. The second-order valence-electron chi connectivity index (χ2n) is 6.23. The lowest BCUT2D eigenvalue weighted by Gasteiger charge is -2.31. The Morgan fingerprint density at radius 1 is 1.25 bits per heavy atom. The van der Waals surface area contributed by atoms with E-state index in [1.807, 2.05) is 23.0 Å². The summed E-state index contributed by atoms with van der Waals surface area (Å²) in [6.45, 7) is 6.90. The number of likely N-dealkylation sites (tertiary alicyclic amines) is 1. The van der Waals surface area contributed by atoms with Crippen LogP contribution in [0.1, 0.15) is 36.8 Å². The van der Waals surface area contributed by atoms with Gasteiger partial charge in [0.25, 0.3) is 0 Å². The molecular formula is C19H24N4O. The van der Waals surface area contributed by atoms with Gasteiger partial charge in [-0.1, -0.05) is 0 Å². The van der Waals surface area contributed by atoms with Gasteiger partial charge in [0.15, 0.2) is 0 Å². The Hall–Kier alpha value is -2.32. The quantitative estimate of drug-likeness (QED) is 0.819. The van der Waals surface area contributed by atoms with Gasteiger partial charge < -0.3 is 4.74 Å². The smallest absolute Gasteiger partial charge is 0.119 e. The second kappa shape index (κ2) is 7.98. The topological polar surface area (TPSA) is 54.1 Å². The Morgan fingerprint density at radius 2 is 2.00 bits per heavy atom. The molecule has 0 atom stereocenters. The molecule has 0 spiro atoms. The maximum atomic E-state index is 8.79. The van der Waals surface area contributed by atoms with Crippen LogP contribution in [0.25, 0.3) is 0 Å². The fourth-order valence-corrected chi connectivity index (χ4v) is 3.17. The van der Waals surface area contributed by atoms with Crippen molar-refractivity contribution in [3.63, 3.8) is 0 Å². The Kier molecular flexibility index (Phi) is 5.50. The van der Waals surface area contributed by atoms with Crippen LogP contribution in [-0.2, 0) is 6.54 Å². The first kappa shape index (κ1) is 16.5. The summed E-state index contributed by atoms with van der Waals surface area (Å²) in [4.78, 5) is 2.46. The fraction of sp³-hybridized carbons (Fsp3) is 0.474. The number of hydrogen-bond acceptors (Lipinski definition) is 4. The molecule has 1 aromatic carbocycles. The van der Waals surface area contributed by atoms with Crippen LogP contribution in [0.15, 0.2) is 36.7 Å². The van der Waals surface area contributed by atoms with Crippen molar-refractivity contribution in [2.75, 3.05) is 26.2 Å². The van der Waals surface area contributed by atoms with E-state index in [1.165, 1.54) is 18.4 Å². The zero-order valence-electron chi connectivity index (χ0n) is 14.2. The van der Waals surface area contributed by atoms with Crippen molar-refractivity contribution in [3.8, 4) is 11.8 Å². The number of nitrogens with zero attached hydrogens (tertiary/aromatic N) is 4. The predicted molar refractivity (Wildman–Crippen MR) is 93.0 cm³/mol. The molecule has 3 rings (SSSR count). The summed E-state index contributed by atoms with van der Waals surface area (Å²) >= 11 is 0. The molecule has 1 saturated heterocycles. The monoisotopic (exact) mass is 324 g/mol. The summed E-state index contributed by atoms with van der Waals surface area (Å²) in [6.07, 6.45) is 6.59. The summed E-state index contributed by atoms with van der Waals surface area (Å²) < 4.78 is 7.78. The predicted octanol–water partition coefficient (Wildman–Crippen LogP) is 3.03. The van der Waals surface area contributed by atoms with Gasteiger partial charge in [-0.3, -0.25) is 9.58 Å². The Bertz CT molecular complexity index is 678. The Balaban J connectivity index is 1.40. The zero-order valence-corrected chi connectivity index (χ0v) is 14.2. The molecule has 0 bridgehead atoms. The second-order valence-corrected chi connectivity index (χ2v) is 6.23. The van der Waals surface area contributed by atoms with Crippen molar-refractivity contribution >= 4 is 0 Å². The van der Waals surface area contributed by atoms with Crippen LogP contribution in [0.5, 0.6) is 5.75 Å². The van der Waals surface area contributed by atoms with Crippen molar-refractivity contribution in [3.05, 3.63) is 47.8 Å². The fourth-order valence-electron chi connectivity index (χ4n) is 3.17. The van der Waals surface area contributed by atoms with Crippen LogP contribution in [0.4, 0.5) is 0 Å². The van der Waals surface area contributed by atoms with Crippen LogP contribution in [0, 0.1) is 11.3 Å². The highest BCUT2D eigenvalue weighted by Crippen LogP contribution is 2.27. The molecule has 5 nitrogen and oxygen atoms in total. The van der Waals surface area contributed by atoms with Gasteiger partial charge >= 0.3 is 0 Å². The average molecular weight is 324 g/mol. The normalized spacial score (nSPS) is 16.0. The van der Waals surface area contributed by atoms with Crippen LogP contribution in [-0.4, -0.2) is 40.9 Å². The standard InChI is InChI=1S/C19H24N4O/c1-2-23-15-18(14-21-23)17-7-9-22(10-8-17)11-12-24-19-5-3-16(13-20)4-6-19/h3-6,14-15,17H,2,7-12H2,1H3. The molecule has 24 heavy (non-hydrogen) atoms. The largest absolute Gasteiger partial charge is 0.492 e. The number of nitriles is 1. The number of ether oxygens (including phenoxy) is 1. The first-order chi connectivity index (χ1) is 11.8. The molecular weight excluding hydrogens is 300 g/mol. The van der Waals surface area contributed by atoms with Crippen molar-refractivity contribution in [2.24, 2.45) is 0 Å². The summed E-state index contributed by atoms with van der Waals surface area (Å²) in [5, 5.41) is 13.2. The molecule has 0 aliphatic carbocycles. The third kappa shape index (κ3) is 4.15. The van der Waals surface area contributed by atoms with E-state index in [0.717, 1.165) is 31.9 Å². The maximum absolute atomic E-state index is 8.79. The molecule has 126 valence electrons. The van der Waals surface area contributed by atoms with E-state index in [2.05, 4.69) is 29.2 Å². The van der Waals surface area contributed by atoms with E-state index in [-0.39, 0.29) is 0 Å². The molecule has 0 N–H and O–H groups in total. The van der Waals surface area contributed by atoms with Crippen molar-refractivity contribution in [1.29, 1.82) is 5.26 Å². The molecule has 1 aromatic heterocycles. The lowest BCUT2D eigenvalue weighted by molar-refractivity contribution is 0.173. The number of piperidine rings is 1. The lowest BCUT2D eigenvalue weighted by Crippen LogP contribution is -2.35. The first-order valence-corrected chi connectivity index (χ1v) is 8.66. The van der Waals surface area contributed by atoms with Gasteiger partial charge in [0.05, 0.1) is 17.8 Å². The molecule has 1 aliphatic heterocycles. The molecule has 0 amide bonds. The van der Waals surface area contributed by atoms with Gasteiger partial charge in [0.1, 0.15) is 12.4 Å². The van der Waals surface area contributed by atoms with E-state index in [4.69, 9.17) is 10.00 Å². The van der Waals surface area contributed by atoms with Crippen molar-refractivity contribution in [1.82, 2.24) is 14.7 Å². The van der Waals surface area contributed by atoms with Crippen LogP contribution >= 0.6 is 0 Å². The van der Waals surface area contributed by atoms with E-state index in [9.17, 15) is 0 Å². The van der Waals surface area contributed by atoms with Crippen LogP contribution in [0.2, 0.25) is 0 Å². The van der Waals surface area contributed by atoms with Gasteiger partial charge in [-0.2, -0.15) is 10.4 Å². The maximum Gasteiger partial charge on any atom is 0.119 e. The Labute approximate surface area is 143 Å². The van der Waals surface area contributed by atoms with E-state index < -0.39 is 0 Å². The molecule has 0 radical (unpaired) electrons. The summed E-state index contributed by atoms with van der Waals surface area (Å²) in [5.41, 5.74) is 2.04. The van der Waals surface area contributed by atoms with Gasteiger partial charge in [0, 0.05) is 19.3 Å². The molecule has 0 unspecified atom stereocenters. The number of hydrogen-bond donors (Lipinski definition) is 0. The summed E-state index contributed by atoms with van der Waals surface area (Å²) in [5.74, 6) is 1.47. The van der Waals surface area contributed by atoms with Crippen LogP contribution < -0.4 is 4.74 Å². The summed E-state index contributed by atoms with van der Waals surface area (Å²) in [6, 6.07) is 9.41. The molecule has 0 saturated carbocycles. The van der Waals surface area contributed by atoms with Gasteiger partial charge in [-0.05, 0) is 68.6 Å². The van der Waals surface area contributed by atoms with Gasteiger partial charge in [0.2, 0.25) is 0 Å². The minimum Gasteiger partial charge on any atom is -0.492 e. The highest BCUT2D eigenvalue weighted by Gasteiger charge is 2.21. The van der Waals surface area contributed by atoms with Gasteiger partial charge in [-0.25, -0.2) is 0 Å². The lowest BCUT2D eigenvalue weighted by atomic mass is 9.91.